The first-order chi connectivity index (χ1) is 8.98. The molecule has 0 aliphatic carbocycles. The quantitative estimate of drug-likeness (QED) is 0.230. The van der Waals surface area contributed by atoms with Crippen molar-refractivity contribution in [2.75, 3.05) is 6.61 Å². The van der Waals surface area contributed by atoms with Gasteiger partial charge in [-0.15, -0.1) is 30.3 Å². The van der Waals surface area contributed by atoms with Gasteiger partial charge in [-0.1, -0.05) is 0 Å². The van der Waals surface area contributed by atoms with Crippen LogP contribution >= 0.6 is 0 Å². The molecular weight excluding hydrogens is 294 g/mol. The molecule has 20 heavy (non-hydrogen) atoms. The minimum atomic E-state index is -3.87. The minimum absolute atomic E-state index is 0.536. The summed E-state index contributed by atoms with van der Waals surface area (Å²) in [4.78, 5) is 41.0. The van der Waals surface area contributed by atoms with Crippen LogP contribution in [0.3, 0.4) is 0 Å². The van der Waals surface area contributed by atoms with Crippen LogP contribution in [0.5, 0.6) is 0 Å². The minimum Gasteiger partial charge on any atom is -0.395 e. The molecule has 0 fully saturated rings. The molecule has 0 saturated heterocycles. The van der Waals surface area contributed by atoms with Gasteiger partial charge in [0.05, 0.1) is 6.61 Å². The second-order valence-corrected chi connectivity index (χ2v) is 3.47. The highest BCUT2D eigenvalue weighted by molar-refractivity contribution is 4.84. The summed E-state index contributed by atoms with van der Waals surface area (Å²) in [5.74, 6) is -3.87. The van der Waals surface area contributed by atoms with Crippen molar-refractivity contribution in [1.82, 2.24) is 0 Å². The van der Waals surface area contributed by atoms with Crippen molar-refractivity contribution < 1.29 is 45.1 Å². The van der Waals surface area contributed by atoms with Crippen molar-refractivity contribution in [3.05, 3.63) is 30.3 Å². The molecule has 0 saturated carbocycles. The van der Waals surface area contributed by atoms with E-state index in [9.17, 15) is 40.6 Å². The fourth-order valence-corrected chi connectivity index (χ4v) is 0.959. The van der Waals surface area contributed by atoms with Crippen LogP contribution in [0, 0.1) is 35.8 Å². The highest BCUT2D eigenvalue weighted by Crippen LogP contribution is 2.37. The summed E-state index contributed by atoms with van der Waals surface area (Å²) < 4.78 is 0. The van der Waals surface area contributed by atoms with Crippen molar-refractivity contribution in [3.63, 3.8) is 0 Å². The zero-order chi connectivity index (χ0) is 16.1. The molecule has 0 aliphatic heterocycles. The van der Waals surface area contributed by atoms with Crippen molar-refractivity contribution in [2.24, 2.45) is 5.41 Å². The molecule has 15 heteroatoms. The van der Waals surface area contributed by atoms with Crippen LogP contribution in [0.15, 0.2) is 0 Å². The Morgan fingerprint density at radius 2 is 1.50 bits per heavy atom. The van der Waals surface area contributed by atoms with E-state index in [0.29, 0.717) is 6.92 Å². The monoisotopic (exact) mass is 303 g/mol. The van der Waals surface area contributed by atoms with Gasteiger partial charge in [0.1, 0.15) is 5.41 Å². The Labute approximate surface area is 108 Å². The Hall–Kier alpha value is -2.52. The van der Waals surface area contributed by atoms with E-state index in [1.165, 1.54) is 0 Å². The molecule has 116 valence electrons. The van der Waals surface area contributed by atoms with Crippen LogP contribution in [0.2, 0.25) is 0 Å². The van der Waals surface area contributed by atoms with E-state index in [2.05, 4.69) is 14.5 Å². The number of nitrogens with zero attached hydrogens (tertiary/aromatic N) is 3. The van der Waals surface area contributed by atoms with Gasteiger partial charge in [0.2, 0.25) is 6.29 Å². The molecule has 2 atom stereocenters. The Bertz CT molecular complexity index is 383. The molecule has 3 N–H and O–H groups in total. The molecular formula is C5H9N3O12. The summed E-state index contributed by atoms with van der Waals surface area (Å²) in [5.41, 5.74) is -2.87. The summed E-state index contributed by atoms with van der Waals surface area (Å²) >= 11 is 0. The third kappa shape index (κ3) is 3.73. The average Bonchev–Trinajstić information content (AvgIpc) is 2.24. The maximum absolute atomic E-state index is 10.2. The highest BCUT2D eigenvalue weighted by Gasteiger charge is 2.60. The molecule has 0 radical (unpaired) electrons. The molecule has 0 rings (SSSR count). The predicted octanol–water partition coefficient (Wildman–Crippen LogP) is -2.43. The zero-order valence-electron chi connectivity index (χ0n) is 9.64. The second kappa shape index (κ2) is 6.08. The fraction of sp³-hybridized carbons (Fsp3) is 1.00. The Morgan fingerprint density at radius 1 is 1.10 bits per heavy atom. The lowest BCUT2D eigenvalue weighted by Gasteiger charge is -2.40. The maximum atomic E-state index is 10.2. The molecule has 0 aromatic heterocycles. The van der Waals surface area contributed by atoms with Crippen LogP contribution in [-0.2, 0) is 14.5 Å². The van der Waals surface area contributed by atoms with Crippen molar-refractivity contribution in [2.45, 2.75) is 19.2 Å². The molecule has 15 nitrogen and oxygen atoms in total. The molecule has 2 unspecified atom stereocenters. The smallest absolute Gasteiger partial charge is 0.376 e. The lowest BCUT2D eigenvalue weighted by Crippen LogP contribution is -2.61. The number of hydrogen-bond donors (Lipinski definition) is 3. The summed E-state index contributed by atoms with van der Waals surface area (Å²) in [6, 6.07) is 0. The molecule has 0 amide bonds. The molecule has 0 aromatic rings. The van der Waals surface area contributed by atoms with Gasteiger partial charge in [0.25, 0.3) is 15.3 Å². The number of rotatable bonds is 9. The Kier molecular flexibility index (Phi) is 5.32. The lowest BCUT2D eigenvalue weighted by molar-refractivity contribution is -0.907. The van der Waals surface area contributed by atoms with Gasteiger partial charge in [-0.25, -0.2) is 9.68 Å². The van der Waals surface area contributed by atoms with E-state index in [1.54, 1.807) is 0 Å². The van der Waals surface area contributed by atoms with Crippen molar-refractivity contribution in [1.29, 1.82) is 0 Å². The SMILES string of the molecule is CC(CO)(C(O)O[N+](=O)[O-])C(O)(O[N+](=O)[O-])O[N+](=O)[O-]. The zero-order valence-corrected chi connectivity index (χ0v) is 9.64. The maximum Gasteiger partial charge on any atom is 0.376 e. The highest BCUT2D eigenvalue weighted by atomic mass is 17.1. The van der Waals surface area contributed by atoms with Crippen LogP contribution in [-0.4, -0.2) is 49.4 Å². The summed E-state index contributed by atoms with van der Waals surface area (Å²) in [6.07, 6.45) is -2.76. The van der Waals surface area contributed by atoms with E-state index < -0.39 is 39.5 Å². The first-order valence-corrected chi connectivity index (χ1v) is 4.48. The average molecular weight is 303 g/mol. The van der Waals surface area contributed by atoms with E-state index in [-0.39, 0.29) is 0 Å². The molecule has 0 spiro atoms. The largest absolute Gasteiger partial charge is 0.395 e. The predicted molar refractivity (Wildman–Crippen MR) is 50.4 cm³/mol. The normalized spacial score (nSPS) is 15.6. The van der Waals surface area contributed by atoms with Crippen molar-refractivity contribution >= 4 is 0 Å². The van der Waals surface area contributed by atoms with E-state index >= 15 is 0 Å². The molecule has 0 aromatic carbocycles. The van der Waals surface area contributed by atoms with Crippen molar-refractivity contribution in [3.8, 4) is 0 Å². The first-order valence-electron chi connectivity index (χ1n) is 4.48. The van der Waals surface area contributed by atoms with E-state index in [1.807, 2.05) is 0 Å². The van der Waals surface area contributed by atoms with Gasteiger partial charge in [-0.05, 0) is 6.92 Å². The van der Waals surface area contributed by atoms with Crippen LogP contribution in [0.25, 0.3) is 0 Å². The standard InChI is InChI=1S/C5H9N3O12/c1-4(2-9,3(10)18-6(12)13)5(11,19-7(14)15)20-8(16)17/h3,9-11H,2H2,1H3. The van der Waals surface area contributed by atoms with Gasteiger partial charge >= 0.3 is 5.97 Å². The summed E-state index contributed by atoms with van der Waals surface area (Å²) in [6.45, 7) is -0.950. The van der Waals surface area contributed by atoms with Gasteiger partial charge in [0, 0.05) is 0 Å². The fourth-order valence-electron chi connectivity index (χ4n) is 0.959. The molecule has 0 heterocycles. The van der Waals surface area contributed by atoms with Gasteiger partial charge in [-0.3, -0.25) is 4.84 Å². The molecule has 0 bridgehead atoms. The van der Waals surface area contributed by atoms with E-state index in [0.717, 1.165) is 0 Å². The Morgan fingerprint density at radius 3 is 1.75 bits per heavy atom. The third-order valence-corrected chi connectivity index (χ3v) is 2.18. The Balaban J connectivity index is 5.60. The number of hydrogen-bond acceptors (Lipinski definition) is 12. The van der Waals surface area contributed by atoms with Gasteiger partial charge in [-0.2, -0.15) is 0 Å². The summed E-state index contributed by atoms with van der Waals surface area (Å²) in [5, 5.41) is 53.3. The summed E-state index contributed by atoms with van der Waals surface area (Å²) in [7, 11) is 0. The van der Waals surface area contributed by atoms with Crippen LogP contribution in [0.4, 0.5) is 0 Å². The van der Waals surface area contributed by atoms with Crippen LogP contribution in [0.1, 0.15) is 6.92 Å². The van der Waals surface area contributed by atoms with Gasteiger partial charge in [0.15, 0.2) is 0 Å². The molecule has 0 aliphatic rings. The van der Waals surface area contributed by atoms with E-state index in [4.69, 9.17) is 5.11 Å². The third-order valence-electron chi connectivity index (χ3n) is 2.18. The topological polar surface area (TPSA) is 218 Å². The first kappa shape index (κ1) is 17.5. The lowest BCUT2D eigenvalue weighted by atomic mass is 9.87. The number of aliphatic hydroxyl groups is 3. The second-order valence-electron chi connectivity index (χ2n) is 3.47. The van der Waals surface area contributed by atoms with Gasteiger partial charge < -0.3 is 15.3 Å². The van der Waals surface area contributed by atoms with Crippen LogP contribution < -0.4 is 0 Å². The number of aliphatic hydroxyl groups excluding tert-OH is 2.